The van der Waals surface area contributed by atoms with Crippen molar-refractivity contribution in [3.05, 3.63) is 30.3 Å². The van der Waals surface area contributed by atoms with Gasteiger partial charge in [0.05, 0.1) is 51.5 Å². The first-order valence-corrected chi connectivity index (χ1v) is 8.20. The standard InChI is InChI=1S/C17H24N2O4/c20-17(6-9-23-14-4-2-1-3-5-14)18-15-12-22-13-16(15)19-7-10-21-11-8-19/h1-5,15-16H,6-13H2,(H,18,20)/t15-,16-/m0/s1. The zero-order valence-electron chi connectivity index (χ0n) is 13.3. The van der Waals surface area contributed by atoms with Gasteiger partial charge in [-0.2, -0.15) is 0 Å². The quantitative estimate of drug-likeness (QED) is 0.835. The monoisotopic (exact) mass is 320 g/mol. The smallest absolute Gasteiger partial charge is 0.223 e. The van der Waals surface area contributed by atoms with Gasteiger partial charge in [0, 0.05) is 13.1 Å². The maximum atomic E-state index is 12.1. The van der Waals surface area contributed by atoms with Crippen molar-refractivity contribution in [3.8, 4) is 5.75 Å². The molecule has 0 aromatic heterocycles. The van der Waals surface area contributed by atoms with Crippen molar-refractivity contribution in [1.29, 1.82) is 0 Å². The summed E-state index contributed by atoms with van der Waals surface area (Å²) in [4.78, 5) is 14.5. The average Bonchev–Trinajstić information content (AvgIpc) is 3.05. The van der Waals surface area contributed by atoms with Gasteiger partial charge < -0.3 is 19.5 Å². The lowest BCUT2D eigenvalue weighted by molar-refractivity contribution is -0.122. The third-order valence-corrected chi connectivity index (χ3v) is 4.25. The van der Waals surface area contributed by atoms with Crippen LogP contribution in [-0.2, 0) is 14.3 Å². The molecule has 2 aliphatic heterocycles. The Morgan fingerprint density at radius 3 is 2.74 bits per heavy atom. The van der Waals surface area contributed by atoms with E-state index in [1.165, 1.54) is 0 Å². The Hall–Kier alpha value is -1.63. The molecule has 0 bridgehead atoms. The zero-order valence-corrected chi connectivity index (χ0v) is 13.3. The lowest BCUT2D eigenvalue weighted by Gasteiger charge is -2.34. The van der Waals surface area contributed by atoms with E-state index in [0.29, 0.717) is 26.2 Å². The van der Waals surface area contributed by atoms with Gasteiger partial charge in [-0.25, -0.2) is 0 Å². The molecule has 6 heteroatoms. The Balaban J connectivity index is 1.41. The van der Waals surface area contributed by atoms with Crippen LogP contribution in [-0.4, -0.2) is 69.0 Å². The van der Waals surface area contributed by atoms with E-state index in [1.54, 1.807) is 0 Å². The number of para-hydroxylation sites is 1. The van der Waals surface area contributed by atoms with Crippen molar-refractivity contribution in [2.24, 2.45) is 0 Å². The number of carbonyl (C=O) groups excluding carboxylic acids is 1. The molecular weight excluding hydrogens is 296 g/mol. The lowest BCUT2D eigenvalue weighted by Crippen LogP contribution is -2.54. The largest absolute Gasteiger partial charge is 0.493 e. The molecule has 23 heavy (non-hydrogen) atoms. The number of benzene rings is 1. The normalized spacial score (nSPS) is 25.2. The van der Waals surface area contributed by atoms with E-state index < -0.39 is 0 Å². The van der Waals surface area contributed by atoms with Crippen LogP contribution in [0.15, 0.2) is 30.3 Å². The van der Waals surface area contributed by atoms with Crippen LogP contribution in [0.25, 0.3) is 0 Å². The van der Waals surface area contributed by atoms with Crippen LogP contribution in [0.3, 0.4) is 0 Å². The Morgan fingerprint density at radius 2 is 1.96 bits per heavy atom. The SMILES string of the molecule is O=C(CCOc1ccccc1)N[C@H]1COC[C@@H]1N1CCOCC1. The molecule has 0 spiro atoms. The minimum Gasteiger partial charge on any atom is -0.493 e. The van der Waals surface area contributed by atoms with Crippen molar-refractivity contribution in [3.63, 3.8) is 0 Å². The summed E-state index contributed by atoms with van der Waals surface area (Å²) in [6, 6.07) is 9.84. The second-order valence-corrected chi connectivity index (χ2v) is 5.84. The van der Waals surface area contributed by atoms with Gasteiger partial charge in [-0.15, -0.1) is 0 Å². The van der Waals surface area contributed by atoms with Gasteiger partial charge in [-0.05, 0) is 12.1 Å². The number of amides is 1. The summed E-state index contributed by atoms with van der Waals surface area (Å²) in [5.41, 5.74) is 0. The molecule has 0 saturated carbocycles. The highest BCUT2D eigenvalue weighted by Crippen LogP contribution is 2.15. The van der Waals surface area contributed by atoms with Crippen molar-refractivity contribution in [2.75, 3.05) is 46.1 Å². The minimum absolute atomic E-state index is 0.00897. The zero-order chi connectivity index (χ0) is 15.9. The second kappa shape index (κ2) is 8.29. The fraction of sp³-hybridized carbons (Fsp3) is 0.588. The fourth-order valence-electron chi connectivity index (χ4n) is 3.01. The first-order valence-electron chi connectivity index (χ1n) is 8.20. The molecule has 2 saturated heterocycles. The first kappa shape index (κ1) is 16.2. The van der Waals surface area contributed by atoms with Crippen molar-refractivity contribution in [1.82, 2.24) is 10.2 Å². The average molecular weight is 320 g/mol. The van der Waals surface area contributed by atoms with E-state index >= 15 is 0 Å². The Bertz CT molecular complexity index is 491. The molecule has 1 aromatic carbocycles. The van der Waals surface area contributed by atoms with Crippen LogP contribution in [0.1, 0.15) is 6.42 Å². The number of nitrogens with one attached hydrogen (secondary N) is 1. The first-order chi connectivity index (χ1) is 11.3. The molecule has 2 aliphatic rings. The van der Waals surface area contributed by atoms with Crippen LogP contribution < -0.4 is 10.1 Å². The van der Waals surface area contributed by atoms with Crippen LogP contribution in [0.4, 0.5) is 0 Å². The predicted molar refractivity (Wildman–Crippen MR) is 85.5 cm³/mol. The summed E-state index contributed by atoms with van der Waals surface area (Å²) >= 11 is 0. The molecule has 2 atom stereocenters. The summed E-state index contributed by atoms with van der Waals surface area (Å²) in [5.74, 6) is 0.797. The number of rotatable bonds is 6. The minimum atomic E-state index is 0.00897. The highest BCUT2D eigenvalue weighted by atomic mass is 16.5. The summed E-state index contributed by atoms with van der Waals surface area (Å²) in [6.07, 6.45) is 0.348. The van der Waals surface area contributed by atoms with E-state index in [1.807, 2.05) is 30.3 Å². The molecule has 3 rings (SSSR count). The van der Waals surface area contributed by atoms with Crippen LogP contribution >= 0.6 is 0 Å². The van der Waals surface area contributed by atoms with Gasteiger partial charge in [0.25, 0.3) is 0 Å². The fourth-order valence-corrected chi connectivity index (χ4v) is 3.01. The number of hydrogen-bond donors (Lipinski definition) is 1. The highest BCUT2D eigenvalue weighted by Gasteiger charge is 2.34. The summed E-state index contributed by atoms with van der Waals surface area (Å²) in [6.45, 7) is 4.93. The van der Waals surface area contributed by atoms with Gasteiger partial charge in [-0.3, -0.25) is 9.69 Å². The molecule has 0 radical (unpaired) electrons. The summed E-state index contributed by atoms with van der Waals surface area (Å²) < 4.78 is 16.5. The second-order valence-electron chi connectivity index (χ2n) is 5.84. The molecule has 6 nitrogen and oxygen atoms in total. The van der Waals surface area contributed by atoms with Crippen LogP contribution in [0.2, 0.25) is 0 Å². The molecule has 0 unspecified atom stereocenters. The van der Waals surface area contributed by atoms with E-state index in [9.17, 15) is 4.79 Å². The van der Waals surface area contributed by atoms with Crippen molar-refractivity contribution in [2.45, 2.75) is 18.5 Å². The Morgan fingerprint density at radius 1 is 1.17 bits per heavy atom. The molecule has 1 N–H and O–H groups in total. The van der Waals surface area contributed by atoms with Gasteiger partial charge in [0.2, 0.25) is 5.91 Å². The van der Waals surface area contributed by atoms with E-state index in [-0.39, 0.29) is 18.0 Å². The van der Waals surface area contributed by atoms with Crippen molar-refractivity contribution < 1.29 is 19.0 Å². The van der Waals surface area contributed by atoms with Crippen LogP contribution in [0.5, 0.6) is 5.75 Å². The summed E-state index contributed by atoms with van der Waals surface area (Å²) in [7, 11) is 0. The van der Waals surface area contributed by atoms with E-state index in [4.69, 9.17) is 14.2 Å². The lowest BCUT2D eigenvalue weighted by atomic mass is 10.1. The summed E-state index contributed by atoms with van der Waals surface area (Å²) in [5, 5.41) is 3.09. The molecule has 126 valence electrons. The Kier molecular flexibility index (Phi) is 5.85. The molecule has 1 amide bonds. The molecule has 1 aromatic rings. The number of ether oxygens (including phenoxy) is 3. The molecule has 0 aliphatic carbocycles. The topological polar surface area (TPSA) is 60.0 Å². The molecule has 2 fully saturated rings. The maximum Gasteiger partial charge on any atom is 0.223 e. The Labute approximate surface area is 136 Å². The number of hydrogen-bond acceptors (Lipinski definition) is 5. The van der Waals surface area contributed by atoms with Crippen molar-refractivity contribution >= 4 is 5.91 Å². The number of morpholine rings is 1. The number of nitrogens with zero attached hydrogens (tertiary/aromatic N) is 1. The van der Waals surface area contributed by atoms with Gasteiger partial charge in [-0.1, -0.05) is 18.2 Å². The predicted octanol–water partition coefficient (Wildman–Crippen LogP) is 0.671. The molecule has 2 heterocycles. The molecular formula is C17H24N2O4. The van der Waals surface area contributed by atoms with Crippen LogP contribution in [0, 0.1) is 0 Å². The third kappa shape index (κ3) is 4.67. The van der Waals surface area contributed by atoms with Gasteiger partial charge in [0.1, 0.15) is 5.75 Å². The highest BCUT2D eigenvalue weighted by molar-refractivity contribution is 5.76. The maximum absolute atomic E-state index is 12.1. The van der Waals surface area contributed by atoms with E-state index in [2.05, 4.69) is 10.2 Å². The van der Waals surface area contributed by atoms with Gasteiger partial charge in [0.15, 0.2) is 0 Å². The third-order valence-electron chi connectivity index (χ3n) is 4.25. The number of carbonyl (C=O) groups is 1. The van der Waals surface area contributed by atoms with Gasteiger partial charge >= 0.3 is 0 Å². The van der Waals surface area contributed by atoms with E-state index in [0.717, 1.165) is 32.1 Å².